The van der Waals surface area contributed by atoms with Crippen LogP contribution in [0.25, 0.3) is 0 Å². The Kier molecular flexibility index (Phi) is 4.11. The van der Waals surface area contributed by atoms with Gasteiger partial charge in [0.2, 0.25) is 0 Å². The number of aliphatic carboxylic acids is 1. The van der Waals surface area contributed by atoms with Gasteiger partial charge in [-0.3, -0.25) is 4.79 Å². The van der Waals surface area contributed by atoms with Crippen molar-refractivity contribution in [3.05, 3.63) is 0 Å². The Bertz CT molecular complexity index is 327. The van der Waals surface area contributed by atoms with E-state index in [1.807, 2.05) is 0 Å². The molecule has 0 spiro atoms. The SMILES string of the molecule is O=C(O)CC1CCCN(C2CCCC(C3CC3)C2)C1. The number of carboxylic acid groups (broad SMARTS) is 1. The summed E-state index contributed by atoms with van der Waals surface area (Å²) in [5.41, 5.74) is 0. The zero-order chi connectivity index (χ0) is 13.2. The molecule has 2 aliphatic carbocycles. The molecule has 1 heterocycles. The van der Waals surface area contributed by atoms with Crippen molar-refractivity contribution in [2.24, 2.45) is 17.8 Å². The molecular weight excluding hydrogens is 238 g/mol. The molecule has 3 heteroatoms. The molecule has 19 heavy (non-hydrogen) atoms. The fourth-order valence-corrected chi connectivity index (χ4v) is 4.37. The largest absolute Gasteiger partial charge is 0.481 e. The first-order chi connectivity index (χ1) is 9.22. The van der Waals surface area contributed by atoms with Crippen LogP contribution in [0.3, 0.4) is 0 Å². The highest BCUT2D eigenvalue weighted by Gasteiger charge is 2.37. The maximum atomic E-state index is 10.9. The first-order valence-corrected chi connectivity index (χ1v) is 8.18. The molecule has 1 aliphatic heterocycles. The van der Waals surface area contributed by atoms with Gasteiger partial charge in [-0.05, 0) is 62.8 Å². The quantitative estimate of drug-likeness (QED) is 0.849. The van der Waals surface area contributed by atoms with E-state index in [4.69, 9.17) is 5.11 Å². The number of rotatable bonds is 4. The van der Waals surface area contributed by atoms with Gasteiger partial charge in [-0.15, -0.1) is 0 Å². The Balaban J connectivity index is 1.53. The van der Waals surface area contributed by atoms with Crippen LogP contribution in [-0.4, -0.2) is 35.1 Å². The topological polar surface area (TPSA) is 40.5 Å². The van der Waals surface area contributed by atoms with Gasteiger partial charge in [0, 0.05) is 19.0 Å². The third-order valence-electron chi connectivity index (χ3n) is 5.51. The van der Waals surface area contributed by atoms with E-state index in [0.717, 1.165) is 30.8 Å². The van der Waals surface area contributed by atoms with Gasteiger partial charge >= 0.3 is 5.97 Å². The van der Waals surface area contributed by atoms with E-state index >= 15 is 0 Å². The van der Waals surface area contributed by atoms with Gasteiger partial charge in [0.05, 0.1) is 0 Å². The van der Waals surface area contributed by atoms with Gasteiger partial charge in [-0.1, -0.05) is 12.8 Å². The number of hydrogen-bond acceptors (Lipinski definition) is 2. The monoisotopic (exact) mass is 265 g/mol. The summed E-state index contributed by atoms with van der Waals surface area (Å²) in [6.07, 6.45) is 11.2. The Labute approximate surface area is 116 Å². The highest BCUT2D eigenvalue weighted by molar-refractivity contribution is 5.67. The van der Waals surface area contributed by atoms with Crippen molar-refractivity contribution in [3.63, 3.8) is 0 Å². The third-order valence-corrected chi connectivity index (χ3v) is 5.51. The number of carbonyl (C=O) groups is 1. The maximum Gasteiger partial charge on any atom is 0.303 e. The molecule has 0 amide bonds. The Morgan fingerprint density at radius 1 is 1.05 bits per heavy atom. The minimum atomic E-state index is -0.619. The second-order valence-electron chi connectivity index (χ2n) is 7.02. The molecular formula is C16H27NO2. The minimum Gasteiger partial charge on any atom is -0.481 e. The van der Waals surface area contributed by atoms with Gasteiger partial charge < -0.3 is 10.0 Å². The molecule has 1 N–H and O–H groups in total. The number of piperidine rings is 1. The second kappa shape index (κ2) is 5.82. The lowest BCUT2D eigenvalue weighted by Gasteiger charge is -2.42. The zero-order valence-corrected chi connectivity index (χ0v) is 11.9. The molecule has 0 aromatic heterocycles. The van der Waals surface area contributed by atoms with Crippen molar-refractivity contribution in [3.8, 4) is 0 Å². The molecule has 0 aromatic rings. The Morgan fingerprint density at radius 2 is 1.89 bits per heavy atom. The lowest BCUT2D eigenvalue weighted by molar-refractivity contribution is -0.138. The van der Waals surface area contributed by atoms with Gasteiger partial charge in [0.15, 0.2) is 0 Å². The summed E-state index contributed by atoms with van der Waals surface area (Å²) in [7, 11) is 0. The molecule has 3 aliphatic rings. The highest BCUT2D eigenvalue weighted by Crippen LogP contribution is 2.45. The van der Waals surface area contributed by atoms with Gasteiger partial charge in [0.25, 0.3) is 0 Å². The molecule has 108 valence electrons. The summed E-state index contributed by atoms with van der Waals surface area (Å²) in [6.45, 7) is 2.24. The molecule has 0 bridgehead atoms. The molecule has 3 nitrogen and oxygen atoms in total. The lowest BCUT2D eigenvalue weighted by atomic mass is 9.81. The molecule has 2 saturated carbocycles. The van der Waals surface area contributed by atoms with Crippen LogP contribution in [-0.2, 0) is 4.79 Å². The fourth-order valence-electron chi connectivity index (χ4n) is 4.37. The third kappa shape index (κ3) is 3.50. The van der Waals surface area contributed by atoms with E-state index in [2.05, 4.69) is 4.90 Å². The van der Waals surface area contributed by atoms with E-state index in [-0.39, 0.29) is 0 Å². The smallest absolute Gasteiger partial charge is 0.303 e. The summed E-state index contributed by atoms with van der Waals surface area (Å²) >= 11 is 0. The van der Waals surface area contributed by atoms with E-state index < -0.39 is 5.97 Å². The van der Waals surface area contributed by atoms with Crippen LogP contribution in [0, 0.1) is 17.8 Å². The zero-order valence-electron chi connectivity index (χ0n) is 11.9. The number of hydrogen-bond donors (Lipinski definition) is 1. The van der Waals surface area contributed by atoms with Crippen molar-refractivity contribution in [2.45, 2.75) is 63.8 Å². The normalized spacial score (nSPS) is 37.2. The Hall–Kier alpha value is -0.570. The van der Waals surface area contributed by atoms with Crippen LogP contribution in [0.15, 0.2) is 0 Å². The molecule has 3 rings (SSSR count). The van der Waals surface area contributed by atoms with Gasteiger partial charge in [-0.2, -0.15) is 0 Å². The van der Waals surface area contributed by atoms with E-state index in [9.17, 15) is 4.79 Å². The van der Waals surface area contributed by atoms with Crippen LogP contribution in [0.4, 0.5) is 0 Å². The summed E-state index contributed by atoms with van der Waals surface area (Å²) in [5, 5.41) is 8.97. The van der Waals surface area contributed by atoms with Crippen molar-refractivity contribution >= 4 is 5.97 Å². The summed E-state index contributed by atoms with van der Waals surface area (Å²) in [5.74, 6) is 1.81. The first kappa shape index (κ1) is 13.4. The van der Waals surface area contributed by atoms with Crippen LogP contribution >= 0.6 is 0 Å². The minimum absolute atomic E-state index is 0.370. The average Bonchev–Trinajstić information content (AvgIpc) is 3.23. The molecule has 1 saturated heterocycles. The highest BCUT2D eigenvalue weighted by atomic mass is 16.4. The summed E-state index contributed by atoms with van der Waals surface area (Å²) < 4.78 is 0. The molecule has 3 fully saturated rings. The summed E-state index contributed by atoms with van der Waals surface area (Å²) in [6, 6.07) is 0.760. The number of likely N-dealkylation sites (tertiary alicyclic amines) is 1. The van der Waals surface area contributed by atoms with E-state index in [1.54, 1.807) is 0 Å². The molecule has 0 radical (unpaired) electrons. The lowest BCUT2D eigenvalue weighted by Crippen LogP contribution is -2.45. The summed E-state index contributed by atoms with van der Waals surface area (Å²) in [4.78, 5) is 13.5. The van der Waals surface area contributed by atoms with Crippen LogP contribution in [0.1, 0.15) is 57.8 Å². The number of carboxylic acids is 1. The molecule has 3 atom stereocenters. The van der Waals surface area contributed by atoms with Crippen LogP contribution in [0.5, 0.6) is 0 Å². The molecule has 3 unspecified atom stereocenters. The van der Waals surface area contributed by atoms with Crippen molar-refractivity contribution in [1.82, 2.24) is 4.90 Å². The molecule has 0 aromatic carbocycles. The van der Waals surface area contributed by atoms with Crippen LogP contribution < -0.4 is 0 Å². The van der Waals surface area contributed by atoms with Gasteiger partial charge in [-0.25, -0.2) is 0 Å². The predicted octanol–water partition coefficient (Wildman–Crippen LogP) is 3.14. The van der Waals surface area contributed by atoms with Crippen molar-refractivity contribution < 1.29 is 9.90 Å². The number of nitrogens with zero attached hydrogens (tertiary/aromatic N) is 1. The van der Waals surface area contributed by atoms with Crippen molar-refractivity contribution in [2.75, 3.05) is 13.1 Å². The average molecular weight is 265 g/mol. The van der Waals surface area contributed by atoms with Gasteiger partial charge in [0.1, 0.15) is 0 Å². The maximum absolute atomic E-state index is 10.9. The van der Waals surface area contributed by atoms with E-state index in [1.165, 1.54) is 51.5 Å². The first-order valence-electron chi connectivity index (χ1n) is 8.18. The predicted molar refractivity (Wildman–Crippen MR) is 75.0 cm³/mol. The Morgan fingerprint density at radius 3 is 2.63 bits per heavy atom. The van der Waals surface area contributed by atoms with Crippen LogP contribution in [0.2, 0.25) is 0 Å². The fraction of sp³-hybridized carbons (Fsp3) is 0.938. The van der Waals surface area contributed by atoms with Crippen molar-refractivity contribution in [1.29, 1.82) is 0 Å². The second-order valence-corrected chi connectivity index (χ2v) is 7.02. The standard InChI is InChI=1S/C16H27NO2/c18-16(19)9-12-3-2-8-17(11-12)15-5-1-4-14(10-15)13-6-7-13/h12-15H,1-11H2,(H,18,19). The van der Waals surface area contributed by atoms with E-state index in [0.29, 0.717) is 12.3 Å².